The molecule has 2 heterocycles. The van der Waals surface area contributed by atoms with Crippen LogP contribution in [0.3, 0.4) is 0 Å². The molecule has 3 aromatic rings. The molecule has 0 saturated carbocycles. The van der Waals surface area contributed by atoms with Crippen molar-refractivity contribution in [2.24, 2.45) is 0 Å². The molecule has 4 nitrogen and oxygen atoms in total. The Bertz CT molecular complexity index is 938. The molecule has 0 aliphatic carbocycles. The first-order chi connectivity index (χ1) is 12.6. The van der Waals surface area contributed by atoms with E-state index in [-0.39, 0.29) is 11.7 Å². The van der Waals surface area contributed by atoms with Crippen molar-refractivity contribution in [3.05, 3.63) is 64.5 Å². The zero-order chi connectivity index (χ0) is 18.1. The summed E-state index contributed by atoms with van der Waals surface area (Å²) in [6.45, 7) is 2.96. The molecule has 4 rings (SSSR count). The average Bonchev–Trinajstić information content (AvgIpc) is 2.90. The maximum absolute atomic E-state index is 13.1. The lowest BCUT2D eigenvalue weighted by atomic mass is 10.2. The van der Waals surface area contributed by atoms with Crippen molar-refractivity contribution in [3.63, 3.8) is 0 Å². The van der Waals surface area contributed by atoms with Gasteiger partial charge in [0.15, 0.2) is 0 Å². The molecule has 134 valence electrons. The van der Waals surface area contributed by atoms with Crippen molar-refractivity contribution in [1.29, 1.82) is 0 Å². The van der Waals surface area contributed by atoms with E-state index >= 15 is 0 Å². The number of aromatic nitrogens is 1. The summed E-state index contributed by atoms with van der Waals surface area (Å²) in [6.07, 6.45) is 0.884. The number of carbonyl (C=O) groups excluding carboxylic acids is 1. The normalized spacial score (nSPS) is 15.3. The molecule has 1 amide bonds. The first kappa shape index (κ1) is 17.1. The van der Waals surface area contributed by atoms with Crippen LogP contribution in [0.4, 0.5) is 10.1 Å². The highest BCUT2D eigenvalue weighted by atomic mass is 79.9. The monoisotopic (exact) mass is 415 g/mol. The van der Waals surface area contributed by atoms with E-state index in [1.165, 1.54) is 12.1 Å². The van der Waals surface area contributed by atoms with Gasteiger partial charge in [0.05, 0.1) is 0 Å². The van der Waals surface area contributed by atoms with Gasteiger partial charge in [-0.2, -0.15) is 0 Å². The third-order valence-electron chi connectivity index (χ3n) is 4.79. The molecule has 1 aliphatic rings. The summed E-state index contributed by atoms with van der Waals surface area (Å²) in [5.41, 5.74) is 2.57. The number of amides is 1. The lowest BCUT2D eigenvalue weighted by Gasteiger charge is -2.23. The van der Waals surface area contributed by atoms with Crippen molar-refractivity contribution >= 4 is 38.4 Å². The number of H-pyrrole nitrogens is 1. The van der Waals surface area contributed by atoms with E-state index in [1.54, 1.807) is 12.1 Å². The van der Waals surface area contributed by atoms with Gasteiger partial charge in [-0.1, -0.05) is 15.9 Å². The number of fused-ring (bicyclic) bond motifs is 1. The Morgan fingerprint density at radius 3 is 2.62 bits per heavy atom. The van der Waals surface area contributed by atoms with Crippen LogP contribution < -0.4 is 4.90 Å². The number of anilines is 1. The SMILES string of the molecule is O=C(c1cc2cc(Br)ccc2[nH]1)N1CCCN(c2ccc(F)cc2)CC1. The first-order valence-electron chi connectivity index (χ1n) is 8.68. The maximum Gasteiger partial charge on any atom is 0.270 e. The van der Waals surface area contributed by atoms with Crippen molar-refractivity contribution in [3.8, 4) is 0 Å². The number of aromatic amines is 1. The minimum absolute atomic E-state index is 0.0262. The van der Waals surface area contributed by atoms with Crippen molar-refractivity contribution in [1.82, 2.24) is 9.88 Å². The fourth-order valence-electron chi connectivity index (χ4n) is 3.42. The third kappa shape index (κ3) is 3.46. The highest BCUT2D eigenvalue weighted by Gasteiger charge is 2.22. The summed E-state index contributed by atoms with van der Waals surface area (Å²) in [5, 5.41) is 1.02. The topological polar surface area (TPSA) is 39.3 Å². The lowest BCUT2D eigenvalue weighted by molar-refractivity contribution is 0.0762. The standard InChI is InChI=1S/C20H19BrFN3O/c21-15-2-7-18-14(12-15)13-19(23-18)20(26)25-9-1-8-24(10-11-25)17-5-3-16(22)4-6-17/h2-7,12-13,23H,1,8-11H2. The predicted octanol–water partition coefficient (Wildman–Crippen LogP) is 4.42. The number of rotatable bonds is 2. The zero-order valence-electron chi connectivity index (χ0n) is 14.2. The Hall–Kier alpha value is -2.34. The minimum atomic E-state index is -0.231. The molecule has 0 spiro atoms. The molecule has 0 unspecified atom stereocenters. The van der Waals surface area contributed by atoms with E-state index in [0.717, 1.165) is 47.1 Å². The molecule has 26 heavy (non-hydrogen) atoms. The van der Waals surface area contributed by atoms with E-state index in [1.807, 2.05) is 29.2 Å². The number of benzene rings is 2. The first-order valence-corrected chi connectivity index (χ1v) is 9.47. The molecule has 0 bridgehead atoms. The van der Waals surface area contributed by atoms with Crippen LogP contribution in [0.5, 0.6) is 0 Å². The highest BCUT2D eigenvalue weighted by molar-refractivity contribution is 9.10. The van der Waals surface area contributed by atoms with Crippen LogP contribution >= 0.6 is 15.9 Å². The lowest BCUT2D eigenvalue weighted by Crippen LogP contribution is -2.35. The molecule has 1 N–H and O–H groups in total. The second-order valence-corrected chi connectivity index (χ2v) is 7.44. The Kier molecular flexibility index (Phi) is 4.68. The van der Waals surface area contributed by atoms with Gasteiger partial charge in [-0.15, -0.1) is 0 Å². The number of carbonyl (C=O) groups is 1. The van der Waals surface area contributed by atoms with Crippen LogP contribution in [0, 0.1) is 5.82 Å². The van der Waals surface area contributed by atoms with E-state index in [9.17, 15) is 9.18 Å². The Morgan fingerprint density at radius 1 is 1.00 bits per heavy atom. The number of nitrogens with zero attached hydrogens (tertiary/aromatic N) is 2. The fourth-order valence-corrected chi connectivity index (χ4v) is 3.80. The van der Waals surface area contributed by atoms with Gasteiger partial charge >= 0.3 is 0 Å². The summed E-state index contributed by atoms with van der Waals surface area (Å²) in [6, 6.07) is 14.4. The van der Waals surface area contributed by atoms with E-state index < -0.39 is 0 Å². The average molecular weight is 416 g/mol. The van der Waals surface area contributed by atoms with Crippen LogP contribution in [0.15, 0.2) is 53.0 Å². The summed E-state index contributed by atoms with van der Waals surface area (Å²) in [7, 11) is 0. The van der Waals surface area contributed by atoms with Gasteiger partial charge < -0.3 is 14.8 Å². The van der Waals surface area contributed by atoms with Gasteiger partial charge in [-0.05, 0) is 55.0 Å². The molecule has 2 aromatic carbocycles. The third-order valence-corrected chi connectivity index (χ3v) is 5.28. The summed E-state index contributed by atoms with van der Waals surface area (Å²) >= 11 is 3.46. The zero-order valence-corrected chi connectivity index (χ0v) is 15.8. The van der Waals surface area contributed by atoms with Crippen LogP contribution in [-0.4, -0.2) is 42.0 Å². The van der Waals surface area contributed by atoms with E-state index in [2.05, 4.69) is 25.8 Å². The number of halogens is 2. The molecule has 1 fully saturated rings. The van der Waals surface area contributed by atoms with E-state index in [4.69, 9.17) is 0 Å². The Labute approximate surface area is 159 Å². The highest BCUT2D eigenvalue weighted by Crippen LogP contribution is 2.22. The quantitative estimate of drug-likeness (QED) is 0.672. The largest absolute Gasteiger partial charge is 0.370 e. The van der Waals surface area contributed by atoms with Crippen molar-refractivity contribution < 1.29 is 9.18 Å². The smallest absolute Gasteiger partial charge is 0.270 e. The molecule has 1 aromatic heterocycles. The number of hydrogen-bond donors (Lipinski definition) is 1. The maximum atomic E-state index is 13.1. The van der Waals surface area contributed by atoms with E-state index in [0.29, 0.717) is 12.2 Å². The Balaban J connectivity index is 1.49. The number of hydrogen-bond acceptors (Lipinski definition) is 2. The van der Waals surface area contributed by atoms with Crippen molar-refractivity contribution in [2.75, 3.05) is 31.1 Å². The van der Waals surface area contributed by atoms with Gasteiger partial charge in [0.25, 0.3) is 5.91 Å². The van der Waals surface area contributed by atoms with Gasteiger partial charge in [0.1, 0.15) is 11.5 Å². The molecule has 0 radical (unpaired) electrons. The summed E-state index contributed by atoms with van der Waals surface area (Å²) < 4.78 is 14.1. The predicted molar refractivity (Wildman–Crippen MR) is 105 cm³/mol. The van der Waals surface area contributed by atoms with Crippen LogP contribution in [-0.2, 0) is 0 Å². The van der Waals surface area contributed by atoms with Crippen LogP contribution in [0.2, 0.25) is 0 Å². The fraction of sp³-hybridized carbons (Fsp3) is 0.250. The summed E-state index contributed by atoms with van der Waals surface area (Å²) in [5.74, 6) is -0.205. The molecule has 1 saturated heterocycles. The second-order valence-electron chi connectivity index (χ2n) is 6.52. The molecule has 1 aliphatic heterocycles. The molecule has 0 atom stereocenters. The number of nitrogens with one attached hydrogen (secondary N) is 1. The molecular weight excluding hydrogens is 397 g/mol. The van der Waals surface area contributed by atoms with Gasteiger partial charge in [0, 0.05) is 47.2 Å². The van der Waals surface area contributed by atoms with Gasteiger partial charge in [-0.3, -0.25) is 4.79 Å². The van der Waals surface area contributed by atoms with Crippen LogP contribution in [0.25, 0.3) is 10.9 Å². The van der Waals surface area contributed by atoms with Gasteiger partial charge in [-0.25, -0.2) is 4.39 Å². The van der Waals surface area contributed by atoms with Crippen LogP contribution in [0.1, 0.15) is 16.9 Å². The van der Waals surface area contributed by atoms with Crippen molar-refractivity contribution in [2.45, 2.75) is 6.42 Å². The van der Waals surface area contributed by atoms with Gasteiger partial charge in [0.2, 0.25) is 0 Å². The minimum Gasteiger partial charge on any atom is -0.370 e. The molecular formula is C20H19BrFN3O. The summed E-state index contributed by atoms with van der Waals surface area (Å²) in [4.78, 5) is 20.2. The Morgan fingerprint density at radius 2 is 1.81 bits per heavy atom. The second kappa shape index (κ2) is 7.11. The molecule has 6 heteroatoms.